The minimum Gasteiger partial charge on any atom is -0.478 e. The van der Waals surface area contributed by atoms with Crippen molar-refractivity contribution in [2.75, 3.05) is 4.90 Å². The van der Waals surface area contributed by atoms with Crippen LogP contribution >= 0.6 is 0 Å². The molecule has 1 aliphatic rings. The monoisotopic (exact) mass is 471 g/mol. The molecule has 0 saturated carbocycles. The average Bonchev–Trinajstić information content (AvgIpc) is 2.87. The lowest BCUT2D eigenvalue weighted by molar-refractivity contribution is -0.123. The van der Waals surface area contributed by atoms with Crippen LogP contribution in [0.3, 0.4) is 0 Å². The van der Waals surface area contributed by atoms with Gasteiger partial charge in [-0.3, -0.25) is 9.78 Å². The van der Waals surface area contributed by atoms with Gasteiger partial charge in [-0.05, 0) is 49.7 Å². The fraction of sp³-hybridized carbons (Fsp3) is 0.263. The minimum absolute atomic E-state index is 0.134. The number of carboxylic acid groups (broad SMARTS) is 1. The highest BCUT2D eigenvalue weighted by Gasteiger charge is 2.52. The lowest BCUT2D eigenvalue weighted by Crippen LogP contribution is -2.43. The molecule has 1 aromatic heterocycles. The summed E-state index contributed by atoms with van der Waals surface area (Å²) >= 11 is 0. The van der Waals surface area contributed by atoms with Crippen LogP contribution in [-0.2, 0) is 21.2 Å². The number of halogens is 3. The number of carbonyl (C=O) groups is 3. The maximum Gasteiger partial charge on any atom is 0.501 e. The van der Waals surface area contributed by atoms with Crippen LogP contribution in [0.4, 0.5) is 23.7 Å². The van der Waals surface area contributed by atoms with Gasteiger partial charge in [0.2, 0.25) is 0 Å². The molecule has 0 spiro atoms. The van der Waals surface area contributed by atoms with Crippen LogP contribution in [0.25, 0.3) is 0 Å². The van der Waals surface area contributed by atoms with E-state index in [2.05, 4.69) is 4.98 Å². The second-order valence-electron chi connectivity index (χ2n) is 7.35. The van der Waals surface area contributed by atoms with Crippen molar-refractivity contribution in [3.63, 3.8) is 0 Å². The van der Waals surface area contributed by atoms with Crippen LogP contribution < -0.4 is 4.90 Å². The van der Waals surface area contributed by atoms with Crippen molar-refractivity contribution >= 4 is 33.4 Å². The molecule has 1 aromatic carbocycles. The van der Waals surface area contributed by atoms with Gasteiger partial charge in [0, 0.05) is 18.9 Å². The number of hydrogen-bond donors (Lipinski definition) is 1. The molecule has 0 radical (unpaired) electrons. The van der Waals surface area contributed by atoms with E-state index in [9.17, 15) is 41.1 Å². The predicted molar refractivity (Wildman–Crippen MR) is 103 cm³/mol. The highest BCUT2D eigenvalue weighted by atomic mass is 32.2. The zero-order valence-electron chi connectivity index (χ0n) is 16.6. The molecule has 9 nitrogen and oxygen atoms in total. The lowest BCUT2D eigenvalue weighted by Gasteiger charge is -2.28. The highest BCUT2D eigenvalue weighted by Crippen LogP contribution is 2.35. The molecule has 1 N–H and O–H groups in total. The Balaban J connectivity index is 1.96. The van der Waals surface area contributed by atoms with Crippen molar-refractivity contribution in [1.82, 2.24) is 9.88 Å². The Labute approximate surface area is 180 Å². The van der Waals surface area contributed by atoms with Crippen LogP contribution in [0, 0.1) is 0 Å². The Kier molecular flexibility index (Phi) is 5.50. The number of nitrogens with zero attached hydrogens (tertiary/aromatic N) is 3. The topological polar surface area (TPSA) is 125 Å². The van der Waals surface area contributed by atoms with Crippen LogP contribution in [-0.4, -0.2) is 52.4 Å². The van der Waals surface area contributed by atoms with Crippen molar-refractivity contribution in [2.24, 2.45) is 0 Å². The van der Waals surface area contributed by atoms with Crippen molar-refractivity contribution in [3.05, 3.63) is 53.9 Å². The number of pyridine rings is 1. The van der Waals surface area contributed by atoms with Gasteiger partial charge in [0.15, 0.2) is 0 Å². The Morgan fingerprint density at radius 1 is 1.12 bits per heavy atom. The van der Waals surface area contributed by atoms with E-state index in [-0.39, 0.29) is 23.4 Å². The Bertz CT molecular complexity index is 1210. The van der Waals surface area contributed by atoms with E-state index < -0.39 is 43.7 Å². The summed E-state index contributed by atoms with van der Waals surface area (Å²) in [6.07, 6.45) is 2.43. The maximum absolute atomic E-state index is 13.0. The Morgan fingerprint density at radius 3 is 2.25 bits per heavy atom. The van der Waals surface area contributed by atoms with Crippen molar-refractivity contribution < 1.29 is 41.1 Å². The normalized spacial score (nSPS) is 16.5. The second kappa shape index (κ2) is 7.58. The van der Waals surface area contributed by atoms with Crippen molar-refractivity contribution in [3.8, 4) is 0 Å². The molecule has 1 fully saturated rings. The summed E-state index contributed by atoms with van der Waals surface area (Å²) in [7, 11) is -5.59. The first kappa shape index (κ1) is 23.2. The van der Waals surface area contributed by atoms with Crippen molar-refractivity contribution in [1.29, 1.82) is 0 Å². The number of carbonyl (C=O) groups excluding carboxylic acids is 2. The summed E-state index contributed by atoms with van der Waals surface area (Å²) in [5, 5.41) is 9.32. The largest absolute Gasteiger partial charge is 0.501 e. The third-order valence-electron chi connectivity index (χ3n) is 5.00. The Morgan fingerprint density at radius 2 is 1.72 bits per heavy atom. The van der Waals surface area contributed by atoms with E-state index in [0.717, 1.165) is 23.2 Å². The maximum atomic E-state index is 13.0. The number of aromatic nitrogens is 1. The van der Waals surface area contributed by atoms with Crippen LogP contribution in [0.5, 0.6) is 0 Å². The highest BCUT2D eigenvalue weighted by molar-refractivity contribution is 7.92. The SMILES string of the molecule is CC1(C)C(=O)N(c2ccc(S(=O)(=O)C(F)(F)F)cc2)C(=O)N1Cc1ccncc1C(=O)O. The molecule has 32 heavy (non-hydrogen) atoms. The number of alkyl halides is 3. The standard InChI is InChI=1S/C19H16F3N3O6S/c1-18(2)16(28)25(12-3-5-13(6-4-12)32(30,31)19(20,21)22)17(29)24(18)10-11-7-8-23-9-14(11)15(26)27/h3-9H,10H2,1-2H3,(H,26,27). The summed E-state index contributed by atoms with van der Waals surface area (Å²) in [6, 6.07) is 3.68. The van der Waals surface area contributed by atoms with Gasteiger partial charge < -0.3 is 10.0 Å². The first-order valence-corrected chi connectivity index (χ1v) is 10.4. The molecular weight excluding hydrogens is 455 g/mol. The van der Waals surface area contributed by atoms with Gasteiger partial charge in [-0.1, -0.05) is 0 Å². The van der Waals surface area contributed by atoms with Gasteiger partial charge in [0.1, 0.15) is 5.54 Å². The number of rotatable bonds is 5. The number of amides is 3. The van der Waals surface area contributed by atoms with Gasteiger partial charge in [0.05, 0.1) is 16.1 Å². The zero-order valence-corrected chi connectivity index (χ0v) is 17.4. The minimum atomic E-state index is -5.59. The van der Waals surface area contributed by atoms with Crippen molar-refractivity contribution in [2.45, 2.75) is 36.3 Å². The number of sulfone groups is 1. The first-order valence-electron chi connectivity index (χ1n) is 8.93. The number of carboxylic acids is 1. The molecule has 0 unspecified atom stereocenters. The smallest absolute Gasteiger partial charge is 0.478 e. The fourth-order valence-corrected chi connectivity index (χ4v) is 3.92. The van der Waals surface area contributed by atoms with Gasteiger partial charge in [-0.2, -0.15) is 13.2 Å². The number of hydrogen-bond acceptors (Lipinski definition) is 6. The van der Waals surface area contributed by atoms with E-state index in [1.807, 2.05) is 0 Å². The molecule has 0 bridgehead atoms. The van der Waals surface area contributed by atoms with Crippen LogP contribution in [0.2, 0.25) is 0 Å². The van der Waals surface area contributed by atoms with Crippen LogP contribution in [0.15, 0.2) is 47.6 Å². The molecular formula is C19H16F3N3O6S. The third-order valence-corrected chi connectivity index (χ3v) is 6.51. The van der Waals surface area contributed by atoms with E-state index in [1.54, 1.807) is 0 Å². The molecule has 170 valence electrons. The van der Waals surface area contributed by atoms with E-state index >= 15 is 0 Å². The van der Waals surface area contributed by atoms with Crippen LogP contribution in [0.1, 0.15) is 29.8 Å². The molecule has 13 heteroatoms. The number of anilines is 1. The number of benzene rings is 1. The summed E-state index contributed by atoms with van der Waals surface area (Å²) in [5.41, 5.74) is -7.00. The van der Waals surface area contributed by atoms with Gasteiger partial charge in [-0.15, -0.1) is 0 Å². The number of urea groups is 1. The van der Waals surface area contributed by atoms with E-state index in [4.69, 9.17) is 0 Å². The quantitative estimate of drug-likeness (QED) is 0.665. The first-order chi connectivity index (χ1) is 14.7. The average molecular weight is 471 g/mol. The molecule has 3 amide bonds. The molecule has 1 saturated heterocycles. The fourth-order valence-electron chi connectivity index (χ4n) is 3.16. The zero-order chi connectivity index (χ0) is 24.1. The molecule has 0 atom stereocenters. The molecule has 2 heterocycles. The molecule has 2 aromatic rings. The van der Waals surface area contributed by atoms with Gasteiger partial charge in [-0.25, -0.2) is 22.9 Å². The summed E-state index contributed by atoms with van der Waals surface area (Å²) in [5.74, 6) is -2.00. The summed E-state index contributed by atoms with van der Waals surface area (Å²) in [4.78, 5) is 41.9. The molecule has 3 rings (SSSR count). The van der Waals surface area contributed by atoms with E-state index in [0.29, 0.717) is 17.0 Å². The Hall–Kier alpha value is -3.48. The second-order valence-corrected chi connectivity index (χ2v) is 9.29. The number of imide groups is 1. The van der Waals surface area contributed by atoms with Gasteiger partial charge >= 0.3 is 17.5 Å². The van der Waals surface area contributed by atoms with E-state index in [1.165, 1.54) is 26.1 Å². The predicted octanol–water partition coefficient (Wildman–Crippen LogP) is 2.82. The third kappa shape index (κ3) is 3.68. The summed E-state index contributed by atoms with van der Waals surface area (Å²) < 4.78 is 61.3. The lowest BCUT2D eigenvalue weighted by atomic mass is 10.0. The van der Waals surface area contributed by atoms with Gasteiger partial charge in [0.25, 0.3) is 15.7 Å². The molecule has 0 aliphatic carbocycles. The number of aromatic carboxylic acids is 1. The molecule has 1 aliphatic heterocycles. The summed E-state index contributed by atoms with van der Waals surface area (Å²) in [6.45, 7) is 2.60.